The second-order valence-corrected chi connectivity index (χ2v) is 8.28. The average molecular weight is 425 g/mol. The Morgan fingerprint density at radius 3 is 2.72 bits per heavy atom. The molecule has 6 rings (SSSR count). The van der Waals surface area contributed by atoms with Crippen molar-refractivity contribution in [2.24, 2.45) is 0 Å². The molecule has 2 aliphatic rings. The van der Waals surface area contributed by atoms with Gasteiger partial charge in [0.05, 0.1) is 36.2 Å². The molecule has 1 atom stereocenters. The van der Waals surface area contributed by atoms with Crippen LogP contribution in [-0.2, 0) is 4.74 Å². The molecule has 6 heteroatoms. The number of hydrogen-bond donors (Lipinski definition) is 2. The van der Waals surface area contributed by atoms with Gasteiger partial charge in [0.25, 0.3) is 0 Å². The number of benzene rings is 3. The van der Waals surface area contributed by atoms with Crippen LogP contribution >= 0.6 is 0 Å². The van der Waals surface area contributed by atoms with Gasteiger partial charge in [-0.15, -0.1) is 0 Å². The summed E-state index contributed by atoms with van der Waals surface area (Å²) in [6.45, 7) is 3.06. The largest absolute Gasteiger partial charge is 0.489 e. The van der Waals surface area contributed by atoms with Crippen molar-refractivity contribution < 1.29 is 9.47 Å². The van der Waals surface area contributed by atoms with E-state index in [1.54, 1.807) is 0 Å². The second kappa shape index (κ2) is 7.73. The number of fused-ring (bicyclic) bond motifs is 4. The number of nitrogens with zero attached hydrogens (tertiary/aromatic N) is 2. The Labute approximate surface area is 186 Å². The van der Waals surface area contributed by atoms with Crippen molar-refractivity contribution in [3.8, 4) is 16.9 Å². The van der Waals surface area contributed by atoms with E-state index in [-0.39, 0.29) is 0 Å². The minimum absolute atomic E-state index is 0.305. The summed E-state index contributed by atoms with van der Waals surface area (Å²) in [5.74, 6) is 0.941. The lowest BCUT2D eigenvalue weighted by atomic mass is 10.0. The van der Waals surface area contributed by atoms with Crippen LogP contribution in [0.4, 0.5) is 11.4 Å². The summed E-state index contributed by atoms with van der Waals surface area (Å²) in [7, 11) is 0. The van der Waals surface area contributed by atoms with Crippen LogP contribution in [0.1, 0.15) is 11.3 Å². The van der Waals surface area contributed by atoms with Crippen LogP contribution in [0.5, 0.6) is 5.75 Å². The quantitative estimate of drug-likeness (QED) is 0.471. The Morgan fingerprint density at radius 2 is 1.81 bits per heavy atom. The lowest BCUT2D eigenvalue weighted by Gasteiger charge is -2.41. The molecule has 0 amide bonds. The molecular weight excluding hydrogens is 400 g/mol. The van der Waals surface area contributed by atoms with Crippen molar-refractivity contribution in [1.82, 2.24) is 10.2 Å². The van der Waals surface area contributed by atoms with Crippen LogP contribution in [0, 0.1) is 0 Å². The number of aromatic amines is 1. The Morgan fingerprint density at radius 1 is 0.969 bits per heavy atom. The Hall–Kier alpha value is -3.77. The number of nitrogens with two attached hydrogens (primary N) is 1. The normalized spacial score (nSPS) is 17.9. The van der Waals surface area contributed by atoms with Gasteiger partial charge in [0.15, 0.2) is 0 Å². The van der Waals surface area contributed by atoms with Gasteiger partial charge in [0.1, 0.15) is 12.4 Å². The first-order chi connectivity index (χ1) is 15.7. The summed E-state index contributed by atoms with van der Waals surface area (Å²) in [5.41, 5.74) is 13.0. The highest BCUT2D eigenvalue weighted by atomic mass is 16.5. The minimum Gasteiger partial charge on any atom is -0.489 e. The summed E-state index contributed by atoms with van der Waals surface area (Å²) < 4.78 is 11.7. The molecule has 1 saturated heterocycles. The van der Waals surface area contributed by atoms with Crippen LogP contribution in [0.25, 0.3) is 34.2 Å². The van der Waals surface area contributed by atoms with Gasteiger partial charge in [-0.05, 0) is 59.2 Å². The lowest BCUT2D eigenvalue weighted by Crippen LogP contribution is -2.51. The second-order valence-electron chi connectivity index (χ2n) is 8.28. The summed E-state index contributed by atoms with van der Waals surface area (Å²) in [5, 5.41) is 8.71. The molecule has 4 aromatic rings. The number of rotatable bonds is 3. The molecule has 1 aromatic heterocycles. The highest BCUT2D eigenvalue weighted by Gasteiger charge is 2.30. The molecular formula is C26H24N4O2. The van der Waals surface area contributed by atoms with E-state index in [9.17, 15) is 0 Å². The van der Waals surface area contributed by atoms with Crippen LogP contribution in [0.2, 0.25) is 0 Å². The molecule has 0 saturated carbocycles. The number of aromatic nitrogens is 2. The number of morpholine rings is 1. The molecule has 32 heavy (non-hydrogen) atoms. The third kappa shape index (κ3) is 3.39. The SMILES string of the molecule is Nc1ccc(/C=C/c2n[nH]c3ccc(-c4ccc5c(c4)OCC4COCCN54)cc23)cc1. The average Bonchev–Trinajstić information content (AvgIpc) is 3.25. The van der Waals surface area contributed by atoms with Crippen LogP contribution in [0.3, 0.4) is 0 Å². The molecule has 1 unspecified atom stereocenters. The van der Waals surface area contributed by atoms with Crippen LogP contribution in [0.15, 0.2) is 60.7 Å². The van der Waals surface area contributed by atoms with Gasteiger partial charge >= 0.3 is 0 Å². The van der Waals surface area contributed by atoms with Crippen molar-refractivity contribution in [2.45, 2.75) is 6.04 Å². The molecule has 1 fully saturated rings. The number of nitrogens with one attached hydrogen (secondary N) is 1. The molecule has 0 radical (unpaired) electrons. The van der Waals surface area contributed by atoms with Gasteiger partial charge in [0, 0.05) is 17.6 Å². The van der Waals surface area contributed by atoms with Gasteiger partial charge in [-0.25, -0.2) is 0 Å². The number of H-pyrrole nitrogens is 1. The van der Waals surface area contributed by atoms with Gasteiger partial charge in [-0.2, -0.15) is 5.10 Å². The third-order valence-corrected chi connectivity index (χ3v) is 6.22. The standard InChI is InChI=1S/C26H24N4O2/c27-20-6-1-17(2-7-20)3-8-23-22-13-18(4-9-24(22)29-28-23)19-5-10-25-26(14-19)32-16-21-15-31-12-11-30(21)25/h1-10,13-14,21H,11-12,15-16,27H2,(H,28,29)/b8-3+. The molecule has 0 bridgehead atoms. The maximum absolute atomic E-state index is 6.09. The fraction of sp³-hybridized carbons (Fsp3) is 0.192. The fourth-order valence-electron chi connectivity index (χ4n) is 4.47. The molecule has 6 nitrogen and oxygen atoms in total. The van der Waals surface area contributed by atoms with E-state index in [1.165, 1.54) is 0 Å². The third-order valence-electron chi connectivity index (χ3n) is 6.22. The van der Waals surface area contributed by atoms with Gasteiger partial charge < -0.3 is 20.1 Å². The smallest absolute Gasteiger partial charge is 0.143 e. The lowest BCUT2D eigenvalue weighted by molar-refractivity contribution is 0.0705. The van der Waals surface area contributed by atoms with Crippen molar-refractivity contribution in [2.75, 3.05) is 37.0 Å². The van der Waals surface area contributed by atoms with E-state index in [4.69, 9.17) is 15.2 Å². The van der Waals surface area contributed by atoms with E-state index >= 15 is 0 Å². The number of anilines is 2. The number of nitrogen functional groups attached to an aromatic ring is 1. The zero-order chi connectivity index (χ0) is 21.5. The van der Waals surface area contributed by atoms with Gasteiger partial charge in [0.2, 0.25) is 0 Å². The summed E-state index contributed by atoms with van der Waals surface area (Å²) in [4.78, 5) is 2.41. The highest BCUT2D eigenvalue weighted by Crippen LogP contribution is 2.38. The summed E-state index contributed by atoms with van der Waals surface area (Å²) >= 11 is 0. The molecule has 2 aliphatic heterocycles. The Kier molecular flexibility index (Phi) is 4.58. The number of ether oxygens (including phenoxy) is 2. The van der Waals surface area contributed by atoms with E-state index in [0.29, 0.717) is 12.6 Å². The maximum atomic E-state index is 6.09. The Bertz CT molecular complexity index is 1310. The first-order valence-electron chi connectivity index (χ1n) is 10.9. The van der Waals surface area contributed by atoms with Crippen molar-refractivity contribution >= 4 is 34.4 Å². The summed E-state index contributed by atoms with van der Waals surface area (Å²) in [6.07, 6.45) is 4.08. The van der Waals surface area contributed by atoms with Crippen LogP contribution < -0.4 is 15.4 Å². The fourth-order valence-corrected chi connectivity index (χ4v) is 4.47. The monoisotopic (exact) mass is 424 g/mol. The molecule has 0 aliphatic carbocycles. The Balaban J connectivity index is 1.33. The molecule has 3 aromatic carbocycles. The number of hydrogen-bond acceptors (Lipinski definition) is 5. The first kappa shape index (κ1) is 19.0. The highest BCUT2D eigenvalue weighted by molar-refractivity contribution is 5.92. The van der Waals surface area contributed by atoms with Gasteiger partial charge in [-0.1, -0.05) is 30.3 Å². The topological polar surface area (TPSA) is 76.4 Å². The minimum atomic E-state index is 0.305. The molecule has 160 valence electrons. The van der Waals surface area contributed by atoms with Gasteiger partial charge in [-0.3, -0.25) is 5.10 Å². The maximum Gasteiger partial charge on any atom is 0.143 e. The first-order valence-corrected chi connectivity index (χ1v) is 10.9. The van der Waals surface area contributed by atoms with E-state index in [2.05, 4.69) is 51.5 Å². The molecule has 0 spiro atoms. The molecule has 3 heterocycles. The van der Waals surface area contributed by atoms with Crippen molar-refractivity contribution in [3.63, 3.8) is 0 Å². The van der Waals surface area contributed by atoms with E-state index in [0.717, 1.165) is 70.2 Å². The van der Waals surface area contributed by atoms with E-state index < -0.39 is 0 Å². The van der Waals surface area contributed by atoms with Crippen molar-refractivity contribution in [1.29, 1.82) is 0 Å². The van der Waals surface area contributed by atoms with Crippen molar-refractivity contribution in [3.05, 3.63) is 71.9 Å². The summed E-state index contributed by atoms with van der Waals surface area (Å²) in [6, 6.07) is 21.0. The zero-order valence-corrected chi connectivity index (χ0v) is 17.6. The predicted molar refractivity (Wildman–Crippen MR) is 129 cm³/mol. The zero-order valence-electron chi connectivity index (χ0n) is 17.6. The molecule has 3 N–H and O–H groups in total. The van der Waals surface area contributed by atoms with E-state index in [1.807, 2.05) is 36.4 Å². The predicted octanol–water partition coefficient (Wildman–Crippen LogP) is 4.58. The van der Waals surface area contributed by atoms with Crippen LogP contribution in [-0.4, -0.2) is 42.6 Å².